The molecule has 1 amide bonds. The van der Waals surface area contributed by atoms with Crippen LogP contribution < -0.4 is 5.32 Å². The third-order valence-electron chi connectivity index (χ3n) is 3.51. The van der Waals surface area contributed by atoms with Crippen LogP contribution in [0.4, 0.5) is 0 Å². The monoisotopic (exact) mass is 279 g/mol. The van der Waals surface area contributed by atoms with Crippen LogP contribution in [-0.4, -0.2) is 34.7 Å². The van der Waals surface area contributed by atoms with Gasteiger partial charge >= 0.3 is 0 Å². The largest absolute Gasteiger partial charge is 0.387 e. The van der Waals surface area contributed by atoms with Gasteiger partial charge in [0, 0.05) is 18.2 Å². The number of aliphatic hydroxyl groups is 1. The Labute approximate surface area is 118 Å². The third kappa shape index (κ3) is 4.25. The molecule has 2 rings (SSSR count). The van der Waals surface area contributed by atoms with Gasteiger partial charge in [0.25, 0.3) is 0 Å². The summed E-state index contributed by atoms with van der Waals surface area (Å²) in [6, 6.07) is 10.0. The van der Waals surface area contributed by atoms with E-state index < -0.39 is 5.60 Å². The first kappa shape index (κ1) is 14.4. The standard InChI is InChI=1S/C15H21NO2S/c1-12(9-13-5-3-2-4-6-13)14(17)16-10-15(18)7-8-19-11-15/h2-6,12,18H,7-11H2,1H3,(H,16,17). The van der Waals surface area contributed by atoms with Gasteiger partial charge in [-0.3, -0.25) is 4.79 Å². The molecule has 0 saturated carbocycles. The van der Waals surface area contributed by atoms with E-state index in [9.17, 15) is 9.90 Å². The lowest BCUT2D eigenvalue weighted by Gasteiger charge is -2.22. The van der Waals surface area contributed by atoms with Crippen LogP contribution in [0.5, 0.6) is 0 Å². The van der Waals surface area contributed by atoms with E-state index in [1.54, 1.807) is 11.8 Å². The number of carbonyl (C=O) groups is 1. The van der Waals surface area contributed by atoms with Crippen LogP contribution in [-0.2, 0) is 11.2 Å². The average Bonchev–Trinajstić information content (AvgIpc) is 2.84. The Kier molecular flexibility index (Phi) is 4.88. The molecule has 2 atom stereocenters. The molecule has 0 spiro atoms. The summed E-state index contributed by atoms with van der Waals surface area (Å²) in [6.07, 6.45) is 1.50. The highest BCUT2D eigenvalue weighted by atomic mass is 32.2. The van der Waals surface area contributed by atoms with E-state index >= 15 is 0 Å². The molecule has 104 valence electrons. The molecule has 2 unspecified atom stereocenters. The SMILES string of the molecule is CC(Cc1ccccc1)C(=O)NCC1(O)CCSC1. The zero-order chi connectivity index (χ0) is 13.7. The maximum Gasteiger partial charge on any atom is 0.223 e. The van der Waals surface area contributed by atoms with E-state index in [-0.39, 0.29) is 11.8 Å². The number of rotatable bonds is 5. The second-order valence-corrected chi connectivity index (χ2v) is 6.44. The lowest BCUT2D eigenvalue weighted by Crippen LogP contribution is -2.44. The first-order valence-electron chi connectivity index (χ1n) is 6.71. The Bertz CT molecular complexity index is 415. The maximum atomic E-state index is 12.0. The minimum Gasteiger partial charge on any atom is -0.387 e. The van der Waals surface area contributed by atoms with Crippen molar-refractivity contribution in [2.45, 2.75) is 25.4 Å². The van der Waals surface area contributed by atoms with Crippen molar-refractivity contribution < 1.29 is 9.90 Å². The number of nitrogens with one attached hydrogen (secondary N) is 1. The molecule has 1 saturated heterocycles. The Morgan fingerprint density at radius 2 is 2.21 bits per heavy atom. The molecule has 0 aliphatic carbocycles. The Morgan fingerprint density at radius 3 is 2.84 bits per heavy atom. The summed E-state index contributed by atoms with van der Waals surface area (Å²) in [5, 5.41) is 13.1. The molecule has 2 N–H and O–H groups in total. The number of benzene rings is 1. The molecule has 1 aliphatic rings. The van der Waals surface area contributed by atoms with Crippen molar-refractivity contribution >= 4 is 17.7 Å². The van der Waals surface area contributed by atoms with Gasteiger partial charge < -0.3 is 10.4 Å². The fourth-order valence-electron chi connectivity index (χ4n) is 2.22. The van der Waals surface area contributed by atoms with Crippen molar-refractivity contribution in [1.29, 1.82) is 0 Å². The number of thioether (sulfide) groups is 1. The van der Waals surface area contributed by atoms with Crippen LogP contribution in [0.2, 0.25) is 0 Å². The number of hydrogen-bond acceptors (Lipinski definition) is 3. The number of carbonyl (C=O) groups excluding carboxylic acids is 1. The van der Waals surface area contributed by atoms with Gasteiger partial charge in [-0.25, -0.2) is 0 Å². The quantitative estimate of drug-likeness (QED) is 0.865. The van der Waals surface area contributed by atoms with Crippen LogP contribution >= 0.6 is 11.8 Å². The molecular formula is C15H21NO2S. The van der Waals surface area contributed by atoms with E-state index in [0.29, 0.717) is 6.54 Å². The van der Waals surface area contributed by atoms with Crippen molar-refractivity contribution in [3.05, 3.63) is 35.9 Å². The van der Waals surface area contributed by atoms with Crippen LogP contribution in [0, 0.1) is 5.92 Å². The van der Waals surface area contributed by atoms with E-state index in [0.717, 1.165) is 24.3 Å². The van der Waals surface area contributed by atoms with Crippen molar-refractivity contribution in [3.8, 4) is 0 Å². The fraction of sp³-hybridized carbons (Fsp3) is 0.533. The molecular weight excluding hydrogens is 258 g/mol. The highest BCUT2D eigenvalue weighted by molar-refractivity contribution is 7.99. The highest BCUT2D eigenvalue weighted by Crippen LogP contribution is 2.27. The molecule has 0 aromatic heterocycles. The normalized spacial score (nSPS) is 24.1. The molecule has 0 bridgehead atoms. The summed E-state index contributed by atoms with van der Waals surface area (Å²) in [5.74, 6) is 1.65. The zero-order valence-electron chi connectivity index (χ0n) is 11.3. The van der Waals surface area contributed by atoms with Gasteiger partial charge in [0.15, 0.2) is 0 Å². The molecule has 1 fully saturated rings. The van der Waals surface area contributed by atoms with Crippen molar-refractivity contribution in [3.63, 3.8) is 0 Å². The predicted molar refractivity (Wildman–Crippen MR) is 79.2 cm³/mol. The molecule has 3 nitrogen and oxygen atoms in total. The van der Waals surface area contributed by atoms with Crippen LogP contribution in [0.3, 0.4) is 0 Å². The second kappa shape index (κ2) is 6.44. The lowest BCUT2D eigenvalue weighted by molar-refractivity contribution is -0.125. The first-order valence-corrected chi connectivity index (χ1v) is 7.86. The fourth-order valence-corrected chi connectivity index (χ4v) is 3.52. The van der Waals surface area contributed by atoms with Crippen LogP contribution in [0.15, 0.2) is 30.3 Å². The second-order valence-electron chi connectivity index (χ2n) is 5.34. The smallest absolute Gasteiger partial charge is 0.223 e. The van der Waals surface area contributed by atoms with E-state index in [1.807, 2.05) is 37.3 Å². The summed E-state index contributed by atoms with van der Waals surface area (Å²) >= 11 is 1.74. The summed E-state index contributed by atoms with van der Waals surface area (Å²) in [7, 11) is 0. The van der Waals surface area contributed by atoms with Gasteiger partial charge in [0.2, 0.25) is 5.91 Å². The summed E-state index contributed by atoms with van der Waals surface area (Å²) in [5.41, 5.74) is 0.465. The van der Waals surface area contributed by atoms with Gasteiger partial charge in [-0.05, 0) is 24.2 Å². The molecule has 4 heteroatoms. The Morgan fingerprint density at radius 1 is 1.47 bits per heavy atom. The Hall–Kier alpha value is -1.00. The van der Waals surface area contributed by atoms with Crippen LogP contribution in [0.1, 0.15) is 18.9 Å². The minimum absolute atomic E-state index is 0.0224. The topological polar surface area (TPSA) is 49.3 Å². The van der Waals surface area contributed by atoms with Gasteiger partial charge in [-0.1, -0.05) is 37.3 Å². The summed E-state index contributed by atoms with van der Waals surface area (Å²) < 4.78 is 0. The molecule has 0 radical (unpaired) electrons. The van der Waals surface area contributed by atoms with E-state index in [1.165, 1.54) is 5.56 Å². The number of hydrogen-bond donors (Lipinski definition) is 2. The van der Waals surface area contributed by atoms with Crippen LogP contribution in [0.25, 0.3) is 0 Å². The van der Waals surface area contributed by atoms with Gasteiger partial charge in [-0.2, -0.15) is 11.8 Å². The van der Waals surface area contributed by atoms with E-state index in [2.05, 4.69) is 5.32 Å². The number of amides is 1. The Balaban J connectivity index is 1.79. The van der Waals surface area contributed by atoms with Gasteiger partial charge in [0.05, 0.1) is 5.60 Å². The average molecular weight is 279 g/mol. The molecule has 1 aliphatic heterocycles. The van der Waals surface area contributed by atoms with Crippen molar-refractivity contribution in [2.24, 2.45) is 5.92 Å². The highest BCUT2D eigenvalue weighted by Gasteiger charge is 2.32. The van der Waals surface area contributed by atoms with Crippen molar-refractivity contribution in [1.82, 2.24) is 5.32 Å². The van der Waals surface area contributed by atoms with Crippen molar-refractivity contribution in [2.75, 3.05) is 18.1 Å². The first-order chi connectivity index (χ1) is 9.09. The molecule has 1 heterocycles. The van der Waals surface area contributed by atoms with Gasteiger partial charge in [-0.15, -0.1) is 0 Å². The summed E-state index contributed by atoms with van der Waals surface area (Å²) in [4.78, 5) is 12.0. The predicted octanol–water partition coefficient (Wildman–Crippen LogP) is 1.85. The van der Waals surface area contributed by atoms with E-state index in [4.69, 9.17) is 0 Å². The summed E-state index contributed by atoms with van der Waals surface area (Å²) in [6.45, 7) is 2.30. The molecule has 19 heavy (non-hydrogen) atoms. The third-order valence-corrected chi connectivity index (χ3v) is 4.74. The lowest BCUT2D eigenvalue weighted by atomic mass is 9.99. The van der Waals surface area contributed by atoms with Gasteiger partial charge in [0.1, 0.15) is 0 Å². The molecule has 1 aromatic carbocycles. The minimum atomic E-state index is -0.702. The molecule has 1 aromatic rings. The maximum absolute atomic E-state index is 12.0. The zero-order valence-corrected chi connectivity index (χ0v) is 12.1.